The largest absolute Gasteiger partial charge is 0.454 e. The highest BCUT2D eigenvalue weighted by Gasteiger charge is 2.21. The molecule has 1 saturated heterocycles. The summed E-state index contributed by atoms with van der Waals surface area (Å²) in [5.41, 5.74) is 3.76. The summed E-state index contributed by atoms with van der Waals surface area (Å²) in [5.74, 6) is 2.13. The molecule has 1 amide bonds. The van der Waals surface area contributed by atoms with Crippen molar-refractivity contribution in [1.29, 1.82) is 0 Å². The molecule has 0 saturated carbocycles. The van der Waals surface area contributed by atoms with E-state index in [4.69, 9.17) is 9.47 Å². The summed E-state index contributed by atoms with van der Waals surface area (Å²) in [6.45, 7) is 11.9. The average Bonchev–Trinajstić information content (AvgIpc) is 3.23. The van der Waals surface area contributed by atoms with Gasteiger partial charge in [-0.25, -0.2) is 0 Å². The lowest BCUT2D eigenvalue weighted by atomic mass is 10.0. The molecule has 1 fully saturated rings. The number of nitrogens with one attached hydrogen (secondary N) is 1. The fraction of sp³-hybridized carbons (Fsp3) is 0.480. The number of nitrogens with zero attached hydrogens (tertiary/aromatic N) is 2. The van der Waals surface area contributed by atoms with Gasteiger partial charge in [0, 0.05) is 32.7 Å². The van der Waals surface area contributed by atoms with Crippen LogP contribution in [0.4, 0.5) is 0 Å². The number of amides is 1. The van der Waals surface area contributed by atoms with Crippen molar-refractivity contribution in [1.82, 2.24) is 15.1 Å². The first kappa shape index (κ1) is 21.7. The van der Waals surface area contributed by atoms with E-state index in [1.54, 1.807) is 0 Å². The zero-order valence-corrected chi connectivity index (χ0v) is 18.8. The van der Waals surface area contributed by atoms with Crippen LogP contribution in [0, 0.1) is 0 Å². The van der Waals surface area contributed by atoms with Crippen LogP contribution in [0.1, 0.15) is 49.4 Å². The standard InChI is InChI=1S/C25H33N3O3/c1-18(2)21-6-4-20(5-7-21)15-27-10-12-28(13-11-27)16-25(29)26-19(3)22-8-9-23-24(14-22)31-17-30-23/h4-9,14,18-19H,10-13,15-17H2,1-3H3,(H,26,29)/t19-/m1/s1. The molecular weight excluding hydrogens is 390 g/mol. The average molecular weight is 424 g/mol. The first-order chi connectivity index (χ1) is 15.0. The van der Waals surface area contributed by atoms with E-state index in [9.17, 15) is 4.79 Å². The molecule has 166 valence electrons. The van der Waals surface area contributed by atoms with Gasteiger partial charge < -0.3 is 14.8 Å². The number of piperazine rings is 1. The van der Waals surface area contributed by atoms with E-state index >= 15 is 0 Å². The topological polar surface area (TPSA) is 54.0 Å². The summed E-state index contributed by atoms with van der Waals surface area (Å²) >= 11 is 0. The molecule has 1 N–H and O–H groups in total. The first-order valence-corrected chi connectivity index (χ1v) is 11.2. The molecule has 4 rings (SSSR count). The van der Waals surface area contributed by atoms with Crippen molar-refractivity contribution in [2.24, 2.45) is 0 Å². The predicted molar refractivity (Wildman–Crippen MR) is 121 cm³/mol. The summed E-state index contributed by atoms with van der Waals surface area (Å²) in [7, 11) is 0. The maximum Gasteiger partial charge on any atom is 0.234 e. The maximum atomic E-state index is 12.6. The van der Waals surface area contributed by atoms with E-state index in [0.29, 0.717) is 12.5 Å². The Balaban J connectivity index is 1.21. The fourth-order valence-electron chi connectivity index (χ4n) is 4.13. The van der Waals surface area contributed by atoms with Crippen LogP contribution in [0.15, 0.2) is 42.5 Å². The molecule has 0 bridgehead atoms. The highest BCUT2D eigenvalue weighted by molar-refractivity contribution is 5.78. The SMILES string of the molecule is CC(C)c1ccc(CN2CCN(CC(=O)N[C@H](C)c3ccc4c(c3)OCO4)CC2)cc1. The number of rotatable bonds is 7. The third kappa shape index (κ3) is 5.57. The molecule has 0 aliphatic carbocycles. The molecule has 0 spiro atoms. The van der Waals surface area contributed by atoms with E-state index in [1.165, 1.54) is 11.1 Å². The summed E-state index contributed by atoms with van der Waals surface area (Å²) in [6.07, 6.45) is 0. The van der Waals surface area contributed by atoms with E-state index < -0.39 is 0 Å². The van der Waals surface area contributed by atoms with Gasteiger partial charge in [-0.15, -0.1) is 0 Å². The Labute approximate surface area is 185 Å². The van der Waals surface area contributed by atoms with Gasteiger partial charge in [0.25, 0.3) is 0 Å². The molecule has 2 aliphatic rings. The van der Waals surface area contributed by atoms with Crippen LogP contribution in [-0.2, 0) is 11.3 Å². The van der Waals surface area contributed by atoms with Crippen molar-refractivity contribution in [3.63, 3.8) is 0 Å². The Morgan fingerprint density at radius 2 is 1.55 bits per heavy atom. The Morgan fingerprint density at radius 3 is 2.26 bits per heavy atom. The minimum atomic E-state index is -0.0721. The van der Waals surface area contributed by atoms with E-state index in [2.05, 4.69) is 53.2 Å². The highest BCUT2D eigenvalue weighted by atomic mass is 16.7. The molecule has 0 radical (unpaired) electrons. The fourth-order valence-corrected chi connectivity index (χ4v) is 4.13. The molecule has 2 heterocycles. The maximum absolute atomic E-state index is 12.6. The van der Waals surface area contributed by atoms with Crippen LogP contribution < -0.4 is 14.8 Å². The number of fused-ring (bicyclic) bond motifs is 1. The minimum Gasteiger partial charge on any atom is -0.454 e. The van der Waals surface area contributed by atoms with Crippen molar-refractivity contribution < 1.29 is 14.3 Å². The van der Waals surface area contributed by atoms with Gasteiger partial charge in [0.15, 0.2) is 11.5 Å². The lowest BCUT2D eigenvalue weighted by Crippen LogP contribution is -2.49. The molecule has 6 heteroatoms. The Morgan fingerprint density at radius 1 is 0.903 bits per heavy atom. The number of carbonyl (C=O) groups is 1. The monoisotopic (exact) mass is 423 g/mol. The van der Waals surface area contributed by atoms with Crippen LogP contribution in [0.3, 0.4) is 0 Å². The van der Waals surface area contributed by atoms with E-state index in [0.717, 1.165) is 49.8 Å². The predicted octanol–water partition coefficient (Wildman–Crippen LogP) is 3.53. The number of ether oxygens (including phenoxy) is 2. The number of hydrogen-bond acceptors (Lipinski definition) is 5. The van der Waals surface area contributed by atoms with Crippen molar-refractivity contribution >= 4 is 5.91 Å². The summed E-state index contributed by atoms with van der Waals surface area (Å²) < 4.78 is 10.8. The number of hydrogen-bond donors (Lipinski definition) is 1. The van der Waals surface area contributed by atoms with Gasteiger partial charge in [0.05, 0.1) is 12.6 Å². The zero-order chi connectivity index (χ0) is 21.8. The number of carbonyl (C=O) groups excluding carboxylic acids is 1. The molecule has 2 aromatic rings. The Kier molecular flexibility index (Phi) is 6.78. The summed E-state index contributed by atoms with van der Waals surface area (Å²) in [4.78, 5) is 17.3. The van der Waals surface area contributed by atoms with Crippen molar-refractivity contribution in [3.05, 3.63) is 59.2 Å². The molecule has 31 heavy (non-hydrogen) atoms. The Hall–Kier alpha value is -2.57. The van der Waals surface area contributed by atoms with Crippen LogP contribution in [0.25, 0.3) is 0 Å². The first-order valence-electron chi connectivity index (χ1n) is 11.2. The van der Waals surface area contributed by atoms with Gasteiger partial charge >= 0.3 is 0 Å². The van der Waals surface area contributed by atoms with Crippen molar-refractivity contribution in [2.45, 2.75) is 39.3 Å². The highest BCUT2D eigenvalue weighted by Crippen LogP contribution is 2.34. The number of benzene rings is 2. The van der Waals surface area contributed by atoms with Crippen LogP contribution >= 0.6 is 0 Å². The van der Waals surface area contributed by atoms with Gasteiger partial charge in [-0.3, -0.25) is 14.6 Å². The van der Waals surface area contributed by atoms with Crippen molar-refractivity contribution in [3.8, 4) is 11.5 Å². The second kappa shape index (κ2) is 9.71. The summed E-state index contributed by atoms with van der Waals surface area (Å²) in [6, 6.07) is 14.7. The van der Waals surface area contributed by atoms with Gasteiger partial charge in [-0.2, -0.15) is 0 Å². The zero-order valence-electron chi connectivity index (χ0n) is 18.8. The van der Waals surface area contributed by atoms with Gasteiger partial charge in [0.2, 0.25) is 12.7 Å². The Bertz CT molecular complexity index is 889. The third-order valence-corrected chi connectivity index (χ3v) is 6.16. The second-order valence-corrected chi connectivity index (χ2v) is 8.85. The lowest BCUT2D eigenvalue weighted by Gasteiger charge is -2.34. The molecular formula is C25H33N3O3. The van der Waals surface area contributed by atoms with Crippen LogP contribution in [0.2, 0.25) is 0 Å². The molecule has 0 unspecified atom stereocenters. The van der Waals surface area contributed by atoms with Gasteiger partial charge in [-0.05, 0) is 41.7 Å². The van der Waals surface area contributed by atoms with Crippen molar-refractivity contribution in [2.75, 3.05) is 39.5 Å². The smallest absolute Gasteiger partial charge is 0.234 e. The third-order valence-electron chi connectivity index (χ3n) is 6.16. The lowest BCUT2D eigenvalue weighted by molar-refractivity contribution is -0.123. The molecule has 0 aromatic heterocycles. The van der Waals surface area contributed by atoms with Crippen LogP contribution in [0.5, 0.6) is 11.5 Å². The van der Waals surface area contributed by atoms with Crippen LogP contribution in [-0.4, -0.2) is 55.2 Å². The second-order valence-electron chi connectivity index (χ2n) is 8.85. The molecule has 2 aromatic carbocycles. The van der Waals surface area contributed by atoms with Gasteiger partial charge in [-0.1, -0.05) is 44.2 Å². The normalized spacial score (nSPS) is 17.7. The molecule has 1 atom stereocenters. The molecule has 2 aliphatic heterocycles. The quantitative estimate of drug-likeness (QED) is 0.738. The van der Waals surface area contributed by atoms with Gasteiger partial charge in [0.1, 0.15) is 0 Å². The van der Waals surface area contributed by atoms with E-state index in [1.807, 2.05) is 25.1 Å². The minimum absolute atomic E-state index is 0.0582. The molecule has 6 nitrogen and oxygen atoms in total. The summed E-state index contributed by atoms with van der Waals surface area (Å²) in [5, 5.41) is 3.11. The van der Waals surface area contributed by atoms with E-state index in [-0.39, 0.29) is 18.7 Å².